The quantitative estimate of drug-likeness (QED) is 0.161. The lowest BCUT2D eigenvalue weighted by molar-refractivity contribution is 0.332. The Morgan fingerprint density at radius 1 is 0.437 bits per heavy atom. The highest BCUT2D eigenvalue weighted by Gasteiger charge is 2.50. The number of furan rings is 1. The first-order valence-electron chi connectivity index (χ1n) is 26.7. The first-order valence-corrected chi connectivity index (χ1v) is 27.5. The van der Waals surface area contributed by atoms with E-state index in [1.165, 1.54) is 135 Å². The van der Waals surface area contributed by atoms with Crippen LogP contribution >= 0.6 is 11.3 Å². The summed E-state index contributed by atoms with van der Waals surface area (Å²) >= 11 is 1.94. The number of anilines is 5. The van der Waals surface area contributed by atoms with Gasteiger partial charge in [0.05, 0.1) is 0 Å². The summed E-state index contributed by atoms with van der Waals surface area (Å²) in [6.07, 6.45) is 7.02. The van der Waals surface area contributed by atoms with Crippen LogP contribution in [0.4, 0.5) is 28.4 Å². The van der Waals surface area contributed by atoms with Crippen LogP contribution < -0.4 is 20.6 Å². The van der Waals surface area contributed by atoms with Crippen LogP contribution in [-0.2, 0) is 32.5 Å². The predicted octanol–water partition coefficient (Wildman–Crippen LogP) is 17.7. The summed E-state index contributed by atoms with van der Waals surface area (Å²) < 4.78 is 9.98. The van der Waals surface area contributed by atoms with E-state index >= 15 is 0 Å². The largest absolute Gasteiger partial charge is 0.455 e. The Kier molecular flexibility index (Phi) is 8.69. The third-order valence-corrected chi connectivity index (χ3v) is 20.4. The molecule has 0 radical (unpaired) electrons. The van der Waals surface area contributed by atoms with E-state index < -0.39 is 0 Å². The molecule has 7 aromatic carbocycles. The molecule has 71 heavy (non-hydrogen) atoms. The van der Waals surface area contributed by atoms with E-state index in [0.29, 0.717) is 0 Å². The molecule has 0 amide bonds. The van der Waals surface area contributed by atoms with Crippen molar-refractivity contribution in [3.63, 3.8) is 0 Å². The summed E-state index contributed by atoms with van der Waals surface area (Å²) in [5.74, 6) is 0. The van der Waals surface area contributed by atoms with Crippen LogP contribution in [0.3, 0.4) is 0 Å². The average molecular weight is 947 g/mol. The minimum Gasteiger partial charge on any atom is -0.455 e. The van der Waals surface area contributed by atoms with E-state index in [1.807, 2.05) is 11.3 Å². The van der Waals surface area contributed by atoms with Gasteiger partial charge in [0.15, 0.2) is 0 Å². The van der Waals surface area contributed by atoms with Gasteiger partial charge in [0.25, 0.3) is 0 Å². The first-order chi connectivity index (χ1) is 33.7. The Bertz CT molecular complexity index is 3820. The second-order valence-electron chi connectivity index (χ2n) is 26.4. The molecule has 356 valence electrons. The van der Waals surface area contributed by atoms with Crippen molar-refractivity contribution in [1.29, 1.82) is 0 Å². The summed E-state index contributed by atoms with van der Waals surface area (Å²) in [5, 5.41) is 4.97. The van der Waals surface area contributed by atoms with Crippen LogP contribution in [-0.4, -0.2) is 6.85 Å². The smallest absolute Gasteiger partial charge is 0.333 e. The van der Waals surface area contributed by atoms with Gasteiger partial charge in [0, 0.05) is 70.5 Å². The van der Waals surface area contributed by atoms with E-state index in [9.17, 15) is 0 Å². The van der Waals surface area contributed by atoms with Gasteiger partial charge in [-0.1, -0.05) is 144 Å². The van der Waals surface area contributed by atoms with Crippen molar-refractivity contribution < 1.29 is 4.42 Å². The SMILES string of the molecule is CC1(C)CCC(C)(C)c2cc(N3B4c5cc6c(cc5N(c5ccc7c(c5)C(C)(C)CCC7(C)C)c5cc7c(oc8ccccc87)c(c54)-c4c3ccc3c4sc4ccccc43)C(C)(C)CCC6(C)C)ccc21. The van der Waals surface area contributed by atoms with Crippen molar-refractivity contribution in [1.82, 2.24) is 0 Å². The summed E-state index contributed by atoms with van der Waals surface area (Å²) in [6, 6.07) is 45.8. The van der Waals surface area contributed by atoms with Gasteiger partial charge in [-0.2, -0.15) is 0 Å². The molecular formula is C66H67BN2OS. The molecule has 14 rings (SSSR count). The Hall–Kier alpha value is -5.78. The van der Waals surface area contributed by atoms with Crippen LogP contribution in [0.1, 0.15) is 155 Å². The molecule has 0 fully saturated rings. The molecule has 0 spiro atoms. The molecule has 0 N–H and O–H groups in total. The summed E-state index contributed by atoms with van der Waals surface area (Å²) in [4.78, 5) is 5.51. The van der Waals surface area contributed by atoms with Crippen molar-refractivity contribution in [3.8, 4) is 11.1 Å². The molecule has 0 bridgehead atoms. The highest BCUT2D eigenvalue weighted by molar-refractivity contribution is 7.26. The van der Waals surface area contributed by atoms with Crippen LogP contribution in [0.5, 0.6) is 0 Å². The van der Waals surface area contributed by atoms with Crippen molar-refractivity contribution in [3.05, 3.63) is 149 Å². The second kappa shape index (κ2) is 14.0. The zero-order valence-corrected chi connectivity index (χ0v) is 44.8. The lowest BCUT2D eigenvalue weighted by Gasteiger charge is -2.49. The molecule has 0 saturated heterocycles. The second-order valence-corrected chi connectivity index (χ2v) is 27.5. The molecule has 2 aliphatic heterocycles. The molecule has 3 aliphatic carbocycles. The normalized spacial score (nSPS) is 20.4. The van der Waals surface area contributed by atoms with Gasteiger partial charge < -0.3 is 14.1 Å². The highest BCUT2D eigenvalue weighted by Crippen LogP contribution is 2.58. The number of rotatable bonds is 2. The first kappa shape index (κ1) is 44.0. The number of hydrogen-bond acceptors (Lipinski definition) is 4. The van der Waals surface area contributed by atoms with Gasteiger partial charge in [0.2, 0.25) is 0 Å². The minimum absolute atomic E-state index is 0.0139. The number of thiophene rings is 1. The van der Waals surface area contributed by atoms with Gasteiger partial charge in [-0.25, -0.2) is 0 Å². The Morgan fingerprint density at radius 3 is 1.62 bits per heavy atom. The van der Waals surface area contributed by atoms with Gasteiger partial charge >= 0.3 is 6.85 Å². The maximum Gasteiger partial charge on any atom is 0.333 e. The van der Waals surface area contributed by atoms with Gasteiger partial charge in [0.1, 0.15) is 11.2 Å². The van der Waals surface area contributed by atoms with Crippen LogP contribution in [0.2, 0.25) is 0 Å². The third kappa shape index (κ3) is 5.96. The molecule has 9 aromatic rings. The minimum atomic E-state index is -0.139. The average Bonchev–Trinajstić information content (AvgIpc) is 3.91. The fourth-order valence-electron chi connectivity index (χ4n) is 14.5. The highest BCUT2D eigenvalue weighted by atomic mass is 32.1. The molecule has 0 atom stereocenters. The van der Waals surface area contributed by atoms with E-state index in [2.05, 4.69) is 208 Å². The molecule has 0 saturated carbocycles. The van der Waals surface area contributed by atoms with E-state index in [1.54, 1.807) is 0 Å². The monoisotopic (exact) mass is 947 g/mol. The van der Waals surface area contributed by atoms with Gasteiger partial charge in [-0.05, 0) is 170 Å². The predicted molar refractivity (Wildman–Crippen MR) is 306 cm³/mol. The molecule has 4 heterocycles. The van der Waals surface area contributed by atoms with Crippen LogP contribution in [0.25, 0.3) is 53.2 Å². The maximum absolute atomic E-state index is 7.34. The summed E-state index contributed by atoms with van der Waals surface area (Å²) in [5.41, 5.74) is 22.7. The number of nitrogens with zero attached hydrogens (tertiary/aromatic N) is 2. The molecule has 0 unspecified atom stereocenters. The lowest BCUT2D eigenvalue weighted by atomic mass is 9.42. The van der Waals surface area contributed by atoms with Crippen molar-refractivity contribution in [2.45, 2.75) is 154 Å². The zero-order chi connectivity index (χ0) is 49.1. The van der Waals surface area contributed by atoms with Gasteiger partial charge in [-0.15, -0.1) is 11.3 Å². The Labute approximate surface area is 425 Å². The van der Waals surface area contributed by atoms with E-state index in [4.69, 9.17) is 4.42 Å². The Balaban J connectivity index is 1.18. The van der Waals surface area contributed by atoms with Crippen molar-refractivity contribution in [2.24, 2.45) is 0 Å². The molecule has 5 aliphatic rings. The molecule has 2 aromatic heterocycles. The van der Waals surface area contributed by atoms with E-state index in [-0.39, 0.29) is 39.3 Å². The maximum atomic E-state index is 7.34. The van der Waals surface area contributed by atoms with Gasteiger partial charge in [-0.3, -0.25) is 0 Å². The van der Waals surface area contributed by atoms with Crippen molar-refractivity contribution in [2.75, 3.05) is 9.71 Å². The number of fused-ring (bicyclic) bond motifs is 15. The third-order valence-electron chi connectivity index (χ3n) is 19.2. The Morgan fingerprint density at radius 2 is 0.972 bits per heavy atom. The molecular weight excluding hydrogens is 880 g/mol. The lowest BCUT2D eigenvalue weighted by Crippen LogP contribution is -2.62. The zero-order valence-electron chi connectivity index (χ0n) is 44.0. The fourth-order valence-corrected chi connectivity index (χ4v) is 15.8. The number of para-hydroxylation sites is 1. The topological polar surface area (TPSA) is 19.6 Å². The number of benzene rings is 7. The van der Waals surface area contributed by atoms with Crippen LogP contribution in [0, 0.1) is 0 Å². The molecule has 5 heteroatoms. The summed E-state index contributed by atoms with van der Waals surface area (Å²) in [6.45, 7) is 29.6. The standard InChI is InChI=1S/C66H67BN2OS/c1-61(2)27-29-63(5,6)46-33-38(21-24-44(46)61)68-52-37-49-48(65(9,10)31-32-66(49,11)12)36-50(52)67-58-53(68)35-43-40-17-13-15-19-54(40)70-59(43)57(58)56-51(26-23-42-41-18-14-16-20-55(41)71-60(42)56)69(67)39-22-25-45-47(34-39)64(7,8)30-28-62(45,3)4/h13-26,33-37H,27-32H2,1-12H3. The van der Waals surface area contributed by atoms with E-state index in [0.717, 1.165) is 29.4 Å². The fraction of sp³-hybridized carbons (Fsp3) is 0.364. The van der Waals surface area contributed by atoms with Crippen molar-refractivity contribution >= 4 is 99.7 Å². The number of hydrogen-bond donors (Lipinski definition) is 0. The summed E-state index contributed by atoms with van der Waals surface area (Å²) in [7, 11) is 0. The molecule has 3 nitrogen and oxygen atoms in total. The van der Waals surface area contributed by atoms with Crippen LogP contribution in [0.15, 0.2) is 120 Å².